The summed E-state index contributed by atoms with van der Waals surface area (Å²) >= 11 is 0. The van der Waals surface area contributed by atoms with Crippen molar-refractivity contribution in [2.24, 2.45) is 5.10 Å². The highest BCUT2D eigenvalue weighted by Crippen LogP contribution is 2.30. The van der Waals surface area contributed by atoms with Crippen molar-refractivity contribution in [1.29, 1.82) is 0 Å². The Morgan fingerprint density at radius 3 is 2.47 bits per heavy atom. The number of anilines is 1. The van der Waals surface area contributed by atoms with E-state index in [4.69, 9.17) is 9.47 Å². The number of methoxy groups -OCH3 is 1. The molecule has 8 nitrogen and oxygen atoms in total. The molecule has 4 aromatic carbocycles. The largest absolute Gasteiger partial charge is 0.495 e. The van der Waals surface area contributed by atoms with Gasteiger partial charge in [-0.15, -0.1) is 0 Å². The average molecular weight is 532 g/mol. The van der Waals surface area contributed by atoms with Gasteiger partial charge in [-0.1, -0.05) is 48.5 Å². The molecule has 4 aromatic rings. The maximum Gasteiger partial charge on any atom is 0.260 e. The number of nitrogens with one attached hydrogen (secondary N) is 1. The van der Waals surface area contributed by atoms with E-state index in [-0.39, 0.29) is 5.69 Å². The Hall–Kier alpha value is -4.37. The molecule has 0 saturated carbocycles. The standard InChI is InChI=1S/C29H29N3O5S/c1-21-11-16-28(36-2)27(17-21)32(38(3,34)35)19-29(33)31-30-18-22-12-14-25(15-13-22)37-20-24-9-6-8-23-7-4-5-10-26(23)24/h4-18H,19-20H2,1-3H3,(H,31,33)/b30-18-. The fourth-order valence-corrected chi connectivity index (χ4v) is 4.80. The summed E-state index contributed by atoms with van der Waals surface area (Å²) in [5.41, 5.74) is 5.34. The van der Waals surface area contributed by atoms with Gasteiger partial charge >= 0.3 is 0 Å². The number of benzene rings is 4. The van der Waals surface area contributed by atoms with Crippen molar-refractivity contribution in [3.63, 3.8) is 0 Å². The monoisotopic (exact) mass is 531 g/mol. The Kier molecular flexibility index (Phi) is 8.28. The van der Waals surface area contributed by atoms with Crippen LogP contribution in [0.5, 0.6) is 11.5 Å². The van der Waals surface area contributed by atoms with Gasteiger partial charge in [-0.3, -0.25) is 9.10 Å². The van der Waals surface area contributed by atoms with Crippen LogP contribution in [0.2, 0.25) is 0 Å². The molecular formula is C29H29N3O5S. The van der Waals surface area contributed by atoms with Gasteiger partial charge < -0.3 is 9.47 Å². The van der Waals surface area contributed by atoms with Gasteiger partial charge in [0.1, 0.15) is 24.7 Å². The lowest BCUT2D eigenvalue weighted by molar-refractivity contribution is -0.119. The van der Waals surface area contributed by atoms with Gasteiger partial charge in [0.05, 0.1) is 25.3 Å². The number of sulfonamides is 1. The van der Waals surface area contributed by atoms with Crippen molar-refractivity contribution >= 4 is 38.6 Å². The van der Waals surface area contributed by atoms with Gasteiger partial charge in [0.2, 0.25) is 10.0 Å². The Labute approximate surface area is 222 Å². The number of hydrazone groups is 1. The van der Waals surface area contributed by atoms with Crippen LogP contribution in [0.25, 0.3) is 10.8 Å². The van der Waals surface area contributed by atoms with Crippen LogP contribution < -0.4 is 19.2 Å². The molecule has 38 heavy (non-hydrogen) atoms. The molecule has 1 N–H and O–H groups in total. The molecule has 0 aliphatic heterocycles. The molecule has 0 aliphatic carbocycles. The maximum atomic E-state index is 12.5. The fourth-order valence-electron chi connectivity index (χ4n) is 3.95. The Morgan fingerprint density at radius 1 is 1.00 bits per heavy atom. The lowest BCUT2D eigenvalue weighted by Gasteiger charge is -2.23. The number of carbonyl (C=O) groups excluding carboxylic acids is 1. The van der Waals surface area contributed by atoms with E-state index in [1.165, 1.54) is 18.7 Å². The van der Waals surface area contributed by atoms with E-state index >= 15 is 0 Å². The van der Waals surface area contributed by atoms with Crippen molar-refractivity contribution in [1.82, 2.24) is 5.43 Å². The lowest BCUT2D eigenvalue weighted by Crippen LogP contribution is -2.39. The number of nitrogens with zero attached hydrogens (tertiary/aromatic N) is 2. The molecule has 0 aliphatic rings. The van der Waals surface area contributed by atoms with Crippen molar-refractivity contribution in [2.75, 3.05) is 24.2 Å². The number of ether oxygens (including phenoxy) is 2. The average Bonchev–Trinajstić information content (AvgIpc) is 2.90. The summed E-state index contributed by atoms with van der Waals surface area (Å²) in [6, 6.07) is 26.7. The Bertz CT molecular complexity index is 1560. The van der Waals surface area contributed by atoms with Crippen LogP contribution in [0.4, 0.5) is 5.69 Å². The van der Waals surface area contributed by atoms with E-state index in [0.717, 1.165) is 32.6 Å². The van der Waals surface area contributed by atoms with Crippen molar-refractivity contribution in [3.05, 3.63) is 102 Å². The summed E-state index contributed by atoms with van der Waals surface area (Å²) in [6.45, 7) is 1.82. The van der Waals surface area contributed by atoms with Gasteiger partial charge in [0.25, 0.3) is 5.91 Å². The van der Waals surface area contributed by atoms with Gasteiger partial charge in [-0.2, -0.15) is 5.10 Å². The zero-order valence-electron chi connectivity index (χ0n) is 21.4. The van der Waals surface area contributed by atoms with Crippen molar-refractivity contribution in [2.45, 2.75) is 13.5 Å². The molecule has 0 radical (unpaired) electrons. The smallest absolute Gasteiger partial charge is 0.260 e. The van der Waals surface area contributed by atoms with E-state index in [2.05, 4.69) is 28.7 Å². The highest BCUT2D eigenvalue weighted by atomic mass is 32.2. The zero-order valence-corrected chi connectivity index (χ0v) is 22.2. The highest BCUT2D eigenvalue weighted by Gasteiger charge is 2.24. The second-order valence-electron chi connectivity index (χ2n) is 8.73. The van der Waals surface area contributed by atoms with Crippen LogP contribution in [-0.4, -0.2) is 40.4 Å². The van der Waals surface area contributed by atoms with Crippen LogP contribution in [0.15, 0.2) is 90.0 Å². The number of hydrogen-bond donors (Lipinski definition) is 1. The third-order valence-corrected chi connectivity index (χ3v) is 6.97. The molecule has 0 spiro atoms. The summed E-state index contributed by atoms with van der Waals surface area (Å²) < 4.78 is 37.1. The van der Waals surface area contributed by atoms with Crippen LogP contribution in [-0.2, 0) is 21.4 Å². The van der Waals surface area contributed by atoms with E-state index < -0.39 is 22.5 Å². The van der Waals surface area contributed by atoms with Crippen LogP contribution in [0, 0.1) is 6.92 Å². The fraction of sp³-hybridized carbons (Fsp3) is 0.172. The molecule has 0 heterocycles. The summed E-state index contributed by atoms with van der Waals surface area (Å²) in [5.74, 6) is 0.459. The first-order valence-corrected chi connectivity index (χ1v) is 13.7. The number of aryl methyl sites for hydroxylation is 1. The Morgan fingerprint density at radius 2 is 1.74 bits per heavy atom. The van der Waals surface area contributed by atoms with Gasteiger partial charge in [0.15, 0.2) is 0 Å². The number of rotatable bonds is 10. The third-order valence-electron chi connectivity index (χ3n) is 5.85. The third kappa shape index (κ3) is 6.68. The van der Waals surface area contributed by atoms with Crippen LogP contribution >= 0.6 is 0 Å². The first kappa shape index (κ1) is 26.7. The molecular weight excluding hydrogens is 502 g/mol. The normalized spacial score (nSPS) is 11.4. The minimum atomic E-state index is -3.76. The SMILES string of the molecule is COc1ccc(C)cc1N(CC(=O)N/N=C\c1ccc(OCc2cccc3ccccc23)cc1)S(C)(=O)=O. The van der Waals surface area contributed by atoms with E-state index in [1.54, 1.807) is 18.2 Å². The molecule has 4 rings (SSSR count). The maximum absolute atomic E-state index is 12.5. The lowest BCUT2D eigenvalue weighted by atomic mass is 10.1. The summed E-state index contributed by atoms with van der Waals surface area (Å²) in [5, 5.41) is 6.29. The van der Waals surface area contributed by atoms with Crippen molar-refractivity contribution < 1.29 is 22.7 Å². The Balaban J connectivity index is 1.36. The quantitative estimate of drug-likeness (QED) is 0.237. The molecule has 9 heteroatoms. The first-order valence-electron chi connectivity index (χ1n) is 11.9. The molecule has 0 unspecified atom stereocenters. The second kappa shape index (κ2) is 11.8. The molecule has 0 saturated heterocycles. The molecule has 196 valence electrons. The van der Waals surface area contributed by atoms with Gasteiger partial charge in [-0.25, -0.2) is 13.8 Å². The number of amides is 1. The second-order valence-corrected chi connectivity index (χ2v) is 10.6. The van der Waals surface area contributed by atoms with Gasteiger partial charge in [-0.05, 0) is 70.8 Å². The van der Waals surface area contributed by atoms with E-state index in [1.807, 2.05) is 55.5 Å². The molecule has 0 fully saturated rings. The topological polar surface area (TPSA) is 97.3 Å². The van der Waals surface area contributed by atoms with E-state index in [0.29, 0.717) is 18.1 Å². The number of fused-ring (bicyclic) bond motifs is 1. The van der Waals surface area contributed by atoms with Gasteiger partial charge in [0, 0.05) is 0 Å². The van der Waals surface area contributed by atoms with Crippen LogP contribution in [0.1, 0.15) is 16.7 Å². The number of carbonyl (C=O) groups is 1. The predicted octanol–water partition coefficient (Wildman–Crippen LogP) is 4.65. The predicted molar refractivity (Wildman–Crippen MR) is 150 cm³/mol. The van der Waals surface area contributed by atoms with Crippen molar-refractivity contribution in [3.8, 4) is 11.5 Å². The molecule has 1 amide bonds. The minimum absolute atomic E-state index is 0.285. The summed E-state index contributed by atoms with van der Waals surface area (Å²) in [7, 11) is -2.31. The minimum Gasteiger partial charge on any atom is -0.495 e. The number of hydrogen-bond acceptors (Lipinski definition) is 6. The summed E-state index contributed by atoms with van der Waals surface area (Å²) in [4.78, 5) is 12.5. The zero-order chi connectivity index (χ0) is 27.1. The molecule has 0 atom stereocenters. The highest BCUT2D eigenvalue weighted by molar-refractivity contribution is 7.92. The first-order chi connectivity index (χ1) is 18.2. The van der Waals surface area contributed by atoms with Crippen LogP contribution in [0.3, 0.4) is 0 Å². The van der Waals surface area contributed by atoms with E-state index in [9.17, 15) is 13.2 Å². The summed E-state index contributed by atoms with van der Waals surface area (Å²) in [6.07, 6.45) is 2.51. The molecule has 0 aromatic heterocycles. The molecule has 0 bridgehead atoms.